The van der Waals surface area contributed by atoms with E-state index < -0.39 is 47.7 Å². The van der Waals surface area contributed by atoms with Gasteiger partial charge in [0.25, 0.3) is 0 Å². The number of nitrogens with zero attached hydrogens (tertiary/aromatic N) is 5. The van der Waals surface area contributed by atoms with Gasteiger partial charge in [-0.15, -0.1) is 15.3 Å². The number of thioether (sulfide) groups is 1. The Morgan fingerprint density at radius 3 is 2.28 bits per heavy atom. The van der Waals surface area contributed by atoms with Crippen molar-refractivity contribution in [3.8, 4) is 10.7 Å². The molecule has 0 amide bonds. The number of hydrogen-bond acceptors (Lipinski definition) is 13. The number of hydrogen-bond donors (Lipinski definition) is 0. The molecule has 1 aromatic carbocycles. The standard InChI is InChI=1S/C22H20Cl3N5O7S2/c1-9(31)34-7-16-19(35-10(2)32)18(30-6-15(27-29-30)21-28-26-8-38-21)20(36-11(3)33)22(37-16)39-12-4-13(23)17(25)14(24)5-12/h4-6,8,16,18-20,22H,7H2,1-3H3. The molecule has 2 aromatic heterocycles. The van der Waals surface area contributed by atoms with Crippen molar-refractivity contribution in [1.82, 2.24) is 25.2 Å². The Hall–Kier alpha value is -2.49. The molecule has 1 aliphatic rings. The number of carbonyl (C=O) groups is 3. The fraction of sp³-hybridized carbons (Fsp3) is 0.409. The van der Waals surface area contributed by atoms with Gasteiger partial charge in [0.15, 0.2) is 17.2 Å². The summed E-state index contributed by atoms with van der Waals surface area (Å²) in [7, 11) is 0. The Morgan fingerprint density at radius 2 is 1.69 bits per heavy atom. The first-order valence-corrected chi connectivity index (χ1v) is 14.1. The zero-order chi connectivity index (χ0) is 28.3. The van der Waals surface area contributed by atoms with E-state index in [1.54, 1.807) is 18.3 Å². The zero-order valence-corrected chi connectivity index (χ0v) is 24.3. The number of rotatable bonds is 8. The average molecular weight is 637 g/mol. The van der Waals surface area contributed by atoms with Gasteiger partial charge in [0, 0.05) is 25.7 Å². The molecule has 0 saturated carbocycles. The smallest absolute Gasteiger partial charge is 0.303 e. The fourth-order valence-corrected chi connectivity index (χ4v) is 6.24. The van der Waals surface area contributed by atoms with Gasteiger partial charge in [-0.1, -0.05) is 63.1 Å². The van der Waals surface area contributed by atoms with E-state index in [9.17, 15) is 14.4 Å². The third-order valence-corrected chi connectivity index (χ3v) is 8.31. The first kappa shape index (κ1) is 29.5. The summed E-state index contributed by atoms with van der Waals surface area (Å²) >= 11 is 20.9. The van der Waals surface area contributed by atoms with Crippen LogP contribution in [0.25, 0.3) is 10.7 Å². The van der Waals surface area contributed by atoms with Crippen molar-refractivity contribution in [2.45, 2.75) is 55.5 Å². The highest BCUT2D eigenvalue weighted by Crippen LogP contribution is 2.43. The maximum absolute atomic E-state index is 12.3. The van der Waals surface area contributed by atoms with E-state index in [-0.39, 0.29) is 21.7 Å². The van der Waals surface area contributed by atoms with Crippen molar-refractivity contribution in [2.24, 2.45) is 0 Å². The van der Waals surface area contributed by atoms with E-state index in [0.717, 1.165) is 11.8 Å². The second kappa shape index (κ2) is 12.8. The van der Waals surface area contributed by atoms with Crippen LogP contribution in [0.5, 0.6) is 0 Å². The monoisotopic (exact) mass is 635 g/mol. The van der Waals surface area contributed by atoms with Crippen molar-refractivity contribution < 1.29 is 33.3 Å². The second-order valence-corrected chi connectivity index (χ2v) is 11.3. The molecule has 0 spiro atoms. The van der Waals surface area contributed by atoms with E-state index >= 15 is 0 Å². The minimum Gasteiger partial charge on any atom is -0.463 e. The van der Waals surface area contributed by atoms with Gasteiger partial charge in [0.2, 0.25) is 0 Å². The predicted octanol–water partition coefficient (Wildman–Crippen LogP) is 4.24. The summed E-state index contributed by atoms with van der Waals surface area (Å²) in [5, 5.41) is 17.3. The first-order valence-electron chi connectivity index (χ1n) is 11.2. The van der Waals surface area contributed by atoms with Crippen LogP contribution >= 0.6 is 57.9 Å². The van der Waals surface area contributed by atoms with Crippen LogP contribution in [-0.2, 0) is 33.3 Å². The number of esters is 3. The Balaban J connectivity index is 1.80. The van der Waals surface area contributed by atoms with Crippen molar-refractivity contribution in [3.05, 3.63) is 38.9 Å². The van der Waals surface area contributed by atoms with E-state index in [4.69, 9.17) is 53.8 Å². The number of benzene rings is 1. The third-order valence-electron chi connectivity index (χ3n) is 5.28. The molecule has 0 aliphatic carbocycles. The number of aromatic nitrogens is 5. The molecule has 0 bridgehead atoms. The highest BCUT2D eigenvalue weighted by Gasteiger charge is 2.52. The quantitative estimate of drug-likeness (QED) is 0.198. The van der Waals surface area contributed by atoms with Crippen LogP contribution in [0.4, 0.5) is 0 Å². The molecule has 208 valence electrons. The molecule has 12 nitrogen and oxygen atoms in total. The fourth-order valence-electron chi connectivity index (χ4n) is 3.82. The summed E-state index contributed by atoms with van der Waals surface area (Å²) in [6, 6.07) is 2.19. The Bertz CT molecular complexity index is 1340. The Kier molecular flexibility index (Phi) is 9.67. The second-order valence-electron chi connectivity index (χ2n) is 8.13. The molecule has 5 atom stereocenters. The van der Waals surface area contributed by atoms with E-state index in [1.807, 2.05) is 0 Å². The van der Waals surface area contributed by atoms with Gasteiger partial charge in [-0.3, -0.25) is 14.4 Å². The van der Waals surface area contributed by atoms with E-state index in [2.05, 4.69) is 20.5 Å². The van der Waals surface area contributed by atoms with Crippen molar-refractivity contribution in [2.75, 3.05) is 6.61 Å². The molecule has 1 saturated heterocycles. The topological polar surface area (TPSA) is 145 Å². The largest absolute Gasteiger partial charge is 0.463 e. The van der Waals surface area contributed by atoms with Crippen LogP contribution in [-0.4, -0.2) is 73.5 Å². The van der Waals surface area contributed by atoms with E-state index in [1.165, 1.54) is 42.3 Å². The molecule has 0 radical (unpaired) electrons. The number of ether oxygens (including phenoxy) is 4. The summed E-state index contributed by atoms with van der Waals surface area (Å²) in [6.07, 6.45) is -1.61. The molecule has 1 aliphatic heterocycles. The van der Waals surface area contributed by atoms with Gasteiger partial charge < -0.3 is 18.9 Å². The van der Waals surface area contributed by atoms with Crippen LogP contribution in [0, 0.1) is 0 Å². The average Bonchev–Trinajstić information content (AvgIpc) is 3.55. The third kappa shape index (κ3) is 7.18. The molecule has 17 heteroatoms. The first-order chi connectivity index (χ1) is 18.5. The maximum atomic E-state index is 12.3. The van der Waals surface area contributed by atoms with Gasteiger partial charge >= 0.3 is 17.9 Å². The van der Waals surface area contributed by atoms with Gasteiger partial charge in [-0.05, 0) is 12.1 Å². The van der Waals surface area contributed by atoms with Crippen molar-refractivity contribution in [3.63, 3.8) is 0 Å². The lowest BCUT2D eigenvalue weighted by atomic mass is 9.96. The normalized spacial score (nSPS) is 22.8. The summed E-state index contributed by atoms with van der Waals surface area (Å²) in [5.74, 6) is -1.84. The van der Waals surface area contributed by atoms with Gasteiger partial charge in [-0.25, -0.2) is 4.68 Å². The van der Waals surface area contributed by atoms with E-state index in [0.29, 0.717) is 15.6 Å². The molecule has 1 fully saturated rings. The molecule has 4 rings (SSSR count). The maximum Gasteiger partial charge on any atom is 0.303 e. The number of halogens is 3. The van der Waals surface area contributed by atoms with Crippen LogP contribution in [0.3, 0.4) is 0 Å². The molecule has 3 heterocycles. The highest BCUT2D eigenvalue weighted by atomic mass is 35.5. The van der Waals surface area contributed by atoms with Crippen LogP contribution < -0.4 is 0 Å². The Morgan fingerprint density at radius 1 is 1.03 bits per heavy atom. The van der Waals surface area contributed by atoms with Crippen molar-refractivity contribution >= 4 is 75.8 Å². The molecule has 5 unspecified atom stereocenters. The summed E-state index contributed by atoms with van der Waals surface area (Å²) in [6.45, 7) is 3.41. The van der Waals surface area contributed by atoms with Gasteiger partial charge in [0.1, 0.15) is 35.4 Å². The van der Waals surface area contributed by atoms with Crippen LogP contribution in [0.15, 0.2) is 28.7 Å². The molecule has 3 aromatic rings. The Labute approximate surface area is 245 Å². The zero-order valence-electron chi connectivity index (χ0n) is 20.4. The van der Waals surface area contributed by atoms with Gasteiger partial charge in [-0.2, -0.15) is 0 Å². The molecular formula is C22H20Cl3N5O7S2. The lowest BCUT2D eigenvalue weighted by Gasteiger charge is -2.44. The summed E-state index contributed by atoms with van der Waals surface area (Å²) in [5.41, 5.74) is 0.994. The van der Waals surface area contributed by atoms with Crippen LogP contribution in [0.2, 0.25) is 15.1 Å². The van der Waals surface area contributed by atoms with Crippen molar-refractivity contribution in [1.29, 1.82) is 0 Å². The lowest BCUT2D eigenvalue weighted by molar-refractivity contribution is -0.212. The SMILES string of the molecule is CC(=O)OCC1OC(Sc2cc(Cl)c(Cl)c(Cl)c2)C(OC(C)=O)C(n2cc(-c3nncs3)nn2)C1OC(C)=O. The summed E-state index contributed by atoms with van der Waals surface area (Å²) in [4.78, 5) is 36.6. The molecular weight excluding hydrogens is 617 g/mol. The number of carbonyl (C=O) groups excluding carboxylic acids is 3. The van der Waals surface area contributed by atoms with Gasteiger partial charge in [0.05, 0.1) is 21.3 Å². The minimum atomic E-state index is -1.11. The molecule has 0 N–H and O–H groups in total. The van der Waals surface area contributed by atoms with Crippen LogP contribution in [0.1, 0.15) is 26.8 Å². The highest BCUT2D eigenvalue weighted by molar-refractivity contribution is 7.99. The molecule has 39 heavy (non-hydrogen) atoms. The summed E-state index contributed by atoms with van der Waals surface area (Å²) < 4.78 is 24.2. The predicted molar refractivity (Wildman–Crippen MR) is 142 cm³/mol. The lowest BCUT2D eigenvalue weighted by Crippen LogP contribution is -2.57. The minimum absolute atomic E-state index is 0.177.